The van der Waals surface area contributed by atoms with Crippen molar-refractivity contribution in [1.29, 1.82) is 0 Å². The third kappa shape index (κ3) is 3.86. The number of nitrogens with one attached hydrogen (secondary N) is 2. The molecule has 5 rings (SSSR count). The quantitative estimate of drug-likeness (QED) is 0.260. The second-order valence-electron chi connectivity index (χ2n) is 7.44. The zero-order valence-corrected chi connectivity index (χ0v) is 19.1. The second-order valence-corrected chi connectivity index (χ2v) is 12.5. The molecular formula is C21H27IN5O3+. The average Bonchev–Trinajstić information content (AvgIpc) is 3.17. The number of hydrogen-bond donors (Lipinski definition) is 3. The van der Waals surface area contributed by atoms with Crippen molar-refractivity contribution in [3.8, 4) is 11.1 Å². The van der Waals surface area contributed by atoms with Crippen molar-refractivity contribution in [2.45, 2.75) is 25.2 Å². The van der Waals surface area contributed by atoms with E-state index in [1.165, 1.54) is 5.69 Å². The first-order valence-electron chi connectivity index (χ1n) is 10.2. The first kappa shape index (κ1) is 20.0. The Bertz CT molecular complexity index is 981. The molecule has 1 atom stereocenters. The number of nitrogens with zero attached hydrogens (tertiary/aromatic N) is 3. The van der Waals surface area contributed by atoms with Gasteiger partial charge in [0, 0.05) is 0 Å². The molecular weight excluding hydrogens is 497 g/mol. The molecule has 30 heavy (non-hydrogen) atoms. The molecule has 3 aliphatic heterocycles. The molecule has 0 spiro atoms. The van der Waals surface area contributed by atoms with Crippen molar-refractivity contribution < 1.29 is 17.5 Å². The predicted octanol–water partition coefficient (Wildman–Crippen LogP) is 1.80. The monoisotopic (exact) mass is 524 g/mol. The van der Waals surface area contributed by atoms with Crippen molar-refractivity contribution in [2.24, 2.45) is 4.99 Å². The number of aliphatic hydroxyl groups excluding tert-OH is 1. The van der Waals surface area contributed by atoms with E-state index in [0.29, 0.717) is 18.5 Å². The first-order chi connectivity index (χ1) is 14.7. The molecule has 1 fully saturated rings. The summed E-state index contributed by atoms with van der Waals surface area (Å²) in [7, 11) is 1.68. The molecule has 3 N–H and O–H groups in total. The standard InChI is InChI=1S/C21H27IN5O3/c1-29-20-19-18(15-4-9-26-10-5-17(26)14-15)6-11-27(19)25-21(24-20)23-16-2-7-22(8-3-16)30-13-12-28/h4-6,9-11,14,16,21,23,25,28H,2-3,7-8,12-13H2,1H3/q+1. The number of pyridine rings is 1. The molecule has 1 unspecified atom stereocenters. The SMILES string of the molecule is COC1=NC(NC2CCI(OCCO)CC2)Nn2ccc(-c3cc[n+]4c(c3)C=C4)c21. The van der Waals surface area contributed by atoms with E-state index in [0.717, 1.165) is 38.5 Å². The molecule has 3 aliphatic rings. The number of aliphatic hydroxyl groups is 1. The minimum atomic E-state index is -1.32. The fourth-order valence-electron chi connectivity index (χ4n) is 3.98. The molecule has 160 valence electrons. The predicted molar refractivity (Wildman–Crippen MR) is 125 cm³/mol. The van der Waals surface area contributed by atoms with E-state index in [1.807, 2.05) is 17.1 Å². The van der Waals surface area contributed by atoms with E-state index in [1.54, 1.807) is 7.11 Å². The van der Waals surface area contributed by atoms with E-state index in [-0.39, 0.29) is 12.9 Å². The van der Waals surface area contributed by atoms with Crippen molar-refractivity contribution in [1.82, 2.24) is 9.99 Å². The van der Waals surface area contributed by atoms with Crippen LogP contribution in [-0.2, 0) is 7.80 Å². The van der Waals surface area contributed by atoms with Gasteiger partial charge in [-0.2, -0.15) is 4.57 Å². The summed E-state index contributed by atoms with van der Waals surface area (Å²) in [6.45, 7) is 0.616. The maximum absolute atomic E-state index is 8.94. The Morgan fingerprint density at radius 1 is 1.37 bits per heavy atom. The van der Waals surface area contributed by atoms with Gasteiger partial charge < -0.3 is 0 Å². The van der Waals surface area contributed by atoms with Crippen molar-refractivity contribution in [3.05, 3.63) is 42.0 Å². The van der Waals surface area contributed by atoms with Crippen LogP contribution in [0.1, 0.15) is 24.2 Å². The summed E-state index contributed by atoms with van der Waals surface area (Å²) in [4.78, 5) is 4.80. The molecule has 2 aromatic rings. The summed E-state index contributed by atoms with van der Waals surface area (Å²) < 4.78 is 17.9. The molecule has 0 aromatic carbocycles. The van der Waals surface area contributed by atoms with Crippen molar-refractivity contribution >= 4 is 38.4 Å². The van der Waals surface area contributed by atoms with Crippen LogP contribution < -0.4 is 15.3 Å². The average molecular weight is 524 g/mol. The van der Waals surface area contributed by atoms with E-state index in [9.17, 15) is 0 Å². The van der Waals surface area contributed by atoms with E-state index < -0.39 is 20.2 Å². The number of fused-ring (bicyclic) bond motifs is 2. The molecule has 1 saturated heterocycles. The van der Waals surface area contributed by atoms with Crippen LogP contribution in [0.3, 0.4) is 0 Å². The number of halogens is 1. The van der Waals surface area contributed by atoms with Crippen LogP contribution in [-0.4, -0.2) is 57.2 Å². The van der Waals surface area contributed by atoms with Gasteiger partial charge in [-0.25, -0.2) is 0 Å². The number of rotatable bonds is 6. The van der Waals surface area contributed by atoms with Gasteiger partial charge in [-0.15, -0.1) is 0 Å². The number of aromatic nitrogens is 2. The molecule has 0 radical (unpaired) electrons. The zero-order chi connectivity index (χ0) is 20.5. The van der Waals surface area contributed by atoms with Crippen LogP contribution in [0.2, 0.25) is 0 Å². The molecule has 9 heteroatoms. The molecule has 5 heterocycles. The van der Waals surface area contributed by atoms with E-state index >= 15 is 0 Å². The van der Waals surface area contributed by atoms with Gasteiger partial charge in [-0.05, 0) is 0 Å². The number of methoxy groups -OCH3 is 1. The third-order valence-corrected chi connectivity index (χ3v) is 10.5. The summed E-state index contributed by atoms with van der Waals surface area (Å²) in [5.74, 6) is 0.632. The van der Waals surface area contributed by atoms with Crippen LogP contribution >= 0.6 is 20.2 Å². The fourth-order valence-corrected chi connectivity index (χ4v) is 8.86. The van der Waals surface area contributed by atoms with Crippen LogP contribution in [0.5, 0.6) is 0 Å². The molecule has 2 aromatic heterocycles. The van der Waals surface area contributed by atoms with Gasteiger partial charge in [0.2, 0.25) is 0 Å². The minimum absolute atomic E-state index is 0.123. The normalized spacial score (nSPS) is 21.3. The van der Waals surface area contributed by atoms with Crippen LogP contribution in [0.25, 0.3) is 23.4 Å². The van der Waals surface area contributed by atoms with E-state index in [2.05, 4.69) is 45.8 Å². The Morgan fingerprint density at radius 2 is 2.23 bits per heavy atom. The summed E-state index contributed by atoms with van der Waals surface area (Å²) in [5.41, 5.74) is 7.82. The van der Waals surface area contributed by atoms with Gasteiger partial charge in [-0.1, -0.05) is 0 Å². The maximum atomic E-state index is 8.94. The second kappa shape index (κ2) is 8.66. The van der Waals surface area contributed by atoms with Crippen molar-refractivity contribution in [3.63, 3.8) is 0 Å². The van der Waals surface area contributed by atoms with Gasteiger partial charge >= 0.3 is 167 Å². The summed E-state index contributed by atoms with van der Waals surface area (Å²) in [5, 5.41) is 12.6. The van der Waals surface area contributed by atoms with Crippen LogP contribution in [0.15, 0.2) is 35.6 Å². The van der Waals surface area contributed by atoms with Crippen LogP contribution in [0, 0.1) is 0 Å². The van der Waals surface area contributed by atoms with Crippen LogP contribution in [0.4, 0.5) is 0 Å². The van der Waals surface area contributed by atoms with E-state index in [4.69, 9.17) is 17.9 Å². The Labute approximate surface area is 183 Å². The van der Waals surface area contributed by atoms with Gasteiger partial charge in [0.15, 0.2) is 6.20 Å². The van der Waals surface area contributed by atoms with Gasteiger partial charge in [0.05, 0.1) is 6.08 Å². The Hall–Kier alpha value is -1.95. The molecule has 0 saturated carbocycles. The number of hydrogen-bond acceptors (Lipinski definition) is 6. The topological polar surface area (TPSA) is 83.9 Å². The van der Waals surface area contributed by atoms with Gasteiger partial charge in [-0.3, -0.25) is 0 Å². The number of ether oxygens (including phenoxy) is 1. The third-order valence-electron chi connectivity index (χ3n) is 5.58. The summed E-state index contributed by atoms with van der Waals surface area (Å²) in [6.07, 6.45) is 10.2. The summed E-state index contributed by atoms with van der Waals surface area (Å²) >= 11 is -1.32. The van der Waals surface area contributed by atoms with Gasteiger partial charge in [0.25, 0.3) is 0 Å². The molecule has 8 nitrogen and oxygen atoms in total. The number of aliphatic imine (C=N–C) groups is 1. The molecule has 0 aliphatic carbocycles. The fraction of sp³-hybridized carbons (Fsp3) is 0.429. The van der Waals surface area contributed by atoms with Gasteiger partial charge in [0.1, 0.15) is 0 Å². The Kier molecular flexibility index (Phi) is 5.77. The Balaban J connectivity index is 1.29. The van der Waals surface area contributed by atoms with Crippen molar-refractivity contribution in [2.75, 3.05) is 34.6 Å². The molecule has 0 bridgehead atoms. The Morgan fingerprint density at radius 3 is 2.93 bits per heavy atom. The first-order valence-corrected chi connectivity index (χ1v) is 14.1. The summed E-state index contributed by atoms with van der Waals surface area (Å²) in [6, 6.07) is 6.80. The number of alkyl halides is 2. The molecule has 0 amide bonds. The zero-order valence-electron chi connectivity index (χ0n) is 16.9.